The van der Waals surface area contributed by atoms with Crippen LogP contribution in [0.2, 0.25) is 0 Å². The lowest BCUT2D eigenvalue weighted by molar-refractivity contribution is -0.131. The lowest BCUT2D eigenvalue weighted by Gasteiger charge is -2.17. The van der Waals surface area contributed by atoms with Crippen LogP contribution in [0.3, 0.4) is 0 Å². The van der Waals surface area contributed by atoms with Crippen molar-refractivity contribution < 1.29 is 4.79 Å². The zero-order valence-electron chi connectivity index (χ0n) is 10.3. The van der Waals surface area contributed by atoms with Crippen LogP contribution in [0.15, 0.2) is 42.7 Å². The Morgan fingerprint density at radius 1 is 1.39 bits per heavy atom. The summed E-state index contributed by atoms with van der Waals surface area (Å²) in [6.07, 6.45) is 3.18. The van der Waals surface area contributed by atoms with E-state index in [4.69, 9.17) is 5.73 Å². The van der Waals surface area contributed by atoms with Gasteiger partial charge in [-0.25, -0.2) is 0 Å². The summed E-state index contributed by atoms with van der Waals surface area (Å²) in [5.41, 5.74) is 7.21. The molecular weight excluding hydrogens is 228 g/mol. The third kappa shape index (κ3) is 3.10. The van der Waals surface area contributed by atoms with Gasteiger partial charge in [-0.2, -0.15) is 5.10 Å². The molecule has 2 rings (SSSR count). The lowest BCUT2D eigenvalue weighted by atomic mass is 10.2. The van der Waals surface area contributed by atoms with Gasteiger partial charge in [-0.3, -0.25) is 9.48 Å². The van der Waals surface area contributed by atoms with E-state index in [1.807, 2.05) is 30.3 Å². The molecule has 5 nitrogen and oxygen atoms in total. The second kappa shape index (κ2) is 5.35. The Bertz CT molecular complexity index is 521. The van der Waals surface area contributed by atoms with Crippen molar-refractivity contribution >= 4 is 11.6 Å². The van der Waals surface area contributed by atoms with Gasteiger partial charge in [0, 0.05) is 19.8 Å². The van der Waals surface area contributed by atoms with E-state index in [9.17, 15) is 4.79 Å². The largest absolute Gasteiger partial charge is 0.396 e. The summed E-state index contributed by atoms with van der Waals surface area (Å²) in [5, 5.41) is 3.99. The predicted molar refractivity (Wildman–Crippen MR) is 69.6 cm³/mol. The summed E-state index contributed by atoms with van der Waals surface area (Å²) in [5.74, 6) is 0.00181. The van der Waals surface area contributed by atoms with E-state index in [0.717, 1.165) is 5.56 Å². The van der Waals surface area contributed by atoms with E-state index in [0.29, 0.717) is 12.2 Å². The van der Waals surface area contributed by atoms with E-state index in [1.54, 1.807) is 22.8 Å². The number of nitrogens with two attached hydrogens (primary N) is 1. The first kappa shape index (κ1) is 12.2. The molecule has 2 aromatic rings. The molecule has 94 valence electrons. The number of anilines is 1. The van der Waals surface area contributed by atoms with Gasteiger partial charge in [0.2, 0.25) is 5.91 Å². The molecule has 0 fully saturated rings. The molecule has 1 amide bonds. The normalized spacial score (nSPS) is 10.3. The van der Waals surface area contributed by atoms with Crippen LogP contribution in [0.5, 0.6) is 0 Å². The van der Waals surface area contributed by atoms with Crippen LogP contribution in [-0.2, 0) is 17.9 Å². The lowest BCUT2D eigenvalue weighted by Crippen LogP contribution is -2.29. The van der Waals surface area contributed by atoms with Gasteiger partial charge in [-0.1, -0.05) is 30.3 Å². The molecular formula is C13H16N4O. The fourth-order valence-corrected chi connectivity index (χ4v) is 1.67. The molecule has 0 saturated carbocycles. The van der Waals surface area contributed by atoms with Crippen LogP contribution in [0.4, 0.5) is 5.69 Å². The first-order chi connectivity index (χ1) is 8.65. The number of amides is 1. The zero-order chi connectivity index (χ0) is 13.0. The molecule has 1 aromatic carbocycles. The van der Waals surface area contributed by atoms with Crippen molar-refractivity contribution in [2.45, 2.75) is 13.1 Å². The van der Waals surface area contributed by atoms with Crippen molar-refractivity contribution in [3.63, 3.8) is 0 Å². The molecule has 0 radical (unpaired) electrons. The third-order valence-electron chi connectivity index (χ3n) is 2.64. The topological polar surface area (TPSA) is 64.2 Å². The molecule has 0 bridgehead atoms. The van der Waals surface area contributed by atoms with E-state index >= 15 is 0 Å². The Morgan fingerprint density at radius 3 is 2.72 bits per heavy atom. The minimum atomic E-state index is 0.00181. The van der Waals surface area contributed by atoms with Crippen molar-refractivity contribution in [1.29, 1.82) is 0 Å². The SMILES string of the molecule is CN(Cc1ccccc1)C(=O)Cn1cc(N)cn1. The van der Waals surface area contributed by atoms with Crippen molar-refractivity contribution in [2.75, 3.05) is 12.8 Å². The van der Waals surface area contributed by atoms with Crippen molar-refractivity contribution in [3.05, 3.63) is 48.3 Å². The Balaban J connectivity index is 1.93. The summed E-state index contributed by atoms with van der Waals surface area (Å²) in [6, 6.07) is 9.87. The Labute approximate surface area is 106 Å². The summed E-state index contributed by atoms with van der Waals surface area (Å²) >= 11 is 0. The second-order valence-corrected chi connectivity index (χ2v) is 4.21. The molecule has 1 heterocycles. The molecule has 5 heteroatoms. The quantitative estimate of drug-likeness (QED) is 0.876. The number of hydrogen-bond acceptors (Lipinski definition) is 3. The van der Waals surface area contributed by atoms with Gasteiger partial charge in [-0.05, 0) is 5.56 Å². The van der Waals surface area contributed by atoms with Gasteiger partial charge >= 0.3 is 0 Å². The number of nitrogens with zero attached hydrogens (tertiary/aromatic N) is 3. The highest BCUT2D eigenvalue weighted by Gasteiger charge is 2.10. The first-order valence-corrected chi connectivity index (χ1v) is 5.71. The van der Waals surface area contributed by atoms with Gasteiger partial charge in [0.1, 0.15) is 6.54 Å². The summed E-state index contributed by atoms with van der Waals surface area (Å²) in [6.45, 7) is 0.803. The summed E-state index contributed by atoms with van der Waals surface area (Å²) in [7, 11) is 1.78. The van der Waals surface area contributed by atoms with Crippen molar-refractivity contribution in [1.82, 2.24) is 14.7 Å². The number of benzene rings is 1. The Kier molecular flexibility index (Phi) is 3.62. The average Bonchev–Trinajstić information content (AvgIpc) is 2.76. The van der Waals surface area contributed by atoms with E-state index in [-0.39, 0.29) is 12.5 Å². The fraction of sp³-hybridized carbons (Fsp3) is 0.231. The third-order valence-corrected chi connectivity index (χ3v) is 2.64. The predicted octanol–water partition coefficient (Wildman–Crippen LogP) is 1.12. The zero-order valence-corrected chi connectivity index (χ0v) is 10.3. The number of carbonyl (C=O) groups is 1. The van der Waals surface area contributed by atoms with Gasteiger partial charge in [0.15, 0.2) is 0 Å². The molecule has 1 aromatic heterocycles. The van der Waals surface area contributed by atoms with Gasteiger partial charge in [-0.15, -0.1) is 0 Å². The average molecular weight is 244 g/mol. The molecule has 0 aliphatic heterocycles. The number of rotatable bonds is 4. The van der Waals surface area contributed by atoms with Crippen LogP contribution in [0.25, 0.3) is 0 Å². The minimum absolute atomic E-state index is 0.00181. The summed E-state index contributed by atoms with van der Waals surface area (Å²) < 4.78 is 1.54. The molecule has 0 unspecified atom stereocenters. The van der Waals surface area contributed by atoms with Crippen LogP contribution < -0.4 is 5.73 Å². The maximum atomic E-state index is 12.0. The van der Waals surface area contributed by atoms with E-state index < -0.39 is 0 Å². The Morgan fingerprint density at radius 2 is 2.11 bits per heavy atom. The molecule has 2 N–H and O–H groups in total. The standard InChI is InChI=1S/C13H16N4O/c1-16(8-11-5-3-2-4-6-11)13(18)10-17-9-12(14)7-15-17/h2-7,9H,8,10,14H2,1H3. The maximum Gasteiger partial charge on any atom is 0.244 e. The van der Waals surface area contributed by atoms with Crippen LogP contribution >= 0.6 is 0 Å². The highest BCUT2D eigenvalue weighted by atomic mass is 16.2. The van der Waals surface area contributed by atoms with Gasteiger partial charge in [0.25, 0.3) is 0 Å². The van der Waals surface area contributed by atoms with Crippen molar-refractivity contribution in [3.8, 4) is 0 Å². The molecule has 18 heavy (non-hydrogen) atoms. The van der Waals surface area contributed by atoms with Crippen LogP contribution in [-0.4, -0.2) is 27.6 Å². The van der Waals surface area contributed by atoms with E-state index in [1.165, 1.54) is 6.20 Å². The number of nitrogen functional groups attached to an aromatic ring is 1. The molecule has 0 spiro atoms. The second-order valence-electron chi connectivity index (χ2n) is 4.21. The maximum absolute atomic E-state index is 12.0. The molecule has 0 saturated heterocycles. The Hall–Kier alpha value is -2.30. The summed E-state index contributed by atoms with van der Waals surface area (Å²) in [4.78, 5) is 13.6. The number of carbonyl (C=O) groups excluding carboxylic acids is 1. The molecule has 0 atom stereocenters. The fourth-order valence-electron chi connectivity index (χ4n) is 1.67. The number of hydrogen-bond donors (Lipinski definition) is 1. The van der Waals surface area contributed by atoms with Crippen molar-refractivity contribution in [2.24, 2.45) is 0 Å². The van der Waals surface area contributed by atoms with Crippen LogP contribution in [0.1, 0.15) is 5.56 Å². The van der Waals surface area contributed by atoms with Crippen LogP contribution in [0, 0.1) is 0 Å². The highest BCUT2D eigenvalue weighted by Crippen LogP contribution is 2.04. The smallest absolute Gasteiger partial charge is 0.244 e. The van der Waals surface area contributed by atoms with Gasteiger partial charge in [0.05, 0.1) is 11.9 Å². The molecule has 0 aliphatic rings. The number of likely N-dealkylation sites (N-methyl/N-ethyl adjacent to an activating group) is 1. The minimum Gasteiger partial charge on any atom is -0.396 e. The molecule has 0 aliphatic carbocycles. The van der Waals surface area contributed by atoms with E-state index in [2.05, 4.69) is 5.10 Å². The first-order valence-electron chi connectivity index (χ1n) is 5.71. The van der Waals surface area contributed by atoms with Gasteiger partial charge < -0.3 is 10.6 Å². The number of aromatic nitrogens is 2. The monoisotopic (exact) mass is 244 g/mol. The highest BCUT2D eigenvalue weighted by molar-refractivity contribution is 5.75.